The smallest absolute Gasteiger partial charge is 0.136 e. The monoisotopic (exact) mass is 240 g/mol. The van der Waals surface area contributed by atoms with Gasteiger partial charge in [0, 0.05) is 18.8 Å². The maximum atomic E-state index is 11.1. The number of ketones is 1. The number of hydrogen-bond acceptors (Lipinski definition) is 3. The summed E-state index contributed by atoms with van der Waals surface area (Å²) in [6.45, 7) is 3.91. The normalized spacial score (nSPS) is 28.8. The highest BCUT2D eigenvalue weighted by molar-refractivity contribution is 5.81. The van der Waals surface area contributed by atoms with Gasteiger partial charge in [-0.1, -0.05) is 38.3 Å². The van der Waals surface area contributed by atoms with Crippen molar-refractivity contribution in [2.24, 2.45) is 5.92 Å². The fourth-order valence-electron chi connectivity index (χ4n) is 2.21. The molecule has 0 aromatic carbocycles. The molecule has 3 heteroatoms. The summed E-state index contributed by atoms with van der Waals surface area (Å²) in [4.78, 5) is 11.1. The van der Waals surface area contributed by atoms with Crippen molar-refractivity contribution in [1.29, 1.82) is 0 Å². The van der Waals surface area contributed by atoms with Crippen LogP contribution >= 0.6 is 0 Å². The van der Waals surface area contributed by atoms with Crippen LogP contribution in [0.3, 0.4) is 0 Å². The third-order valence-corrected chi connectivity index (χ3v) is 3.38. The van der Waals surface area contributed by atoms with E-state index >= 15 is 0 Å². The van der Waals surface area contributed by atoms with Crippen molar-refractivity contribution >= 4 is 5.78 Å². The van der Waals surface area contributed by atoms with E-state index in [1.807, 2.05) is 6.08 Å². The van der Waals surface area contributed by atoms with E-state index in [1.54, 1.807) is 13.0 Å². The van der Waals surface area contributed by atoms with Crippen molar-refractivity contribution < 1.29 is 15.0 Å². The predicted octanol–water partition coefficient (Wildman–Crippen LogP) is 2.21. The summed E-state index contributed by atoms with van der Waals surface area (Å²) in [5.74, 6) is -0.00192. The lowest BCUT2D eigenvalue weighted by Crippen LogP contribution is -2.21. The van der Waals surface area contributed by atoms with Gasteiger partial charge in [0.25, 0.3) is 0 Å². The van der Waals surface area contributed by atoms with Crippen LogP contribution in [0.5, 0.6) is 0 Å². The first-order chi connectivity index (χ1) is 7.94. The highest BCUT2D eigenvalue weighted by Crippen LogP contribution is 2.25. The Labute approximate surface area is 104 Å². The molecule has 1 aliphatic carbocycles. The number of hydrogen-bond donors (Lipinski definition) is 2. The molecular weight excluding hydrogens is 216 g/mol. The molecule has 17 heavy (non-hydrogen) atoms. The largest absolute Gasteiger partial charge is 0.392 e. The third kappa shape index (κ3) is 5.00. The Morgan fingerprint density at radius 3 is 2.65 bits per heavy atom. The molecule has 1 rings (SSSR count). The Morgan fingerprint density at radius 1 is 1.41 bits per heavy atom. The number of aliphatic hydroxyl groups excluding tert-OH is 1. The first-order valence-corrected chi connectivity index (χ1v) is 6.56. The van der Waals surface area contributed by atoms with Gasteiger partial charge in [0.1, 0.15) is 5.78 Å². The quantitative estimate of drug-likeness (QED) is 0.553. The van der Waals surface area contributed by atoms with Crippen LogP contribution in [-0.4, -0.2) is 27.7 Å². The summed E-state index contributed by atoms with van der Waals surface area (Å²) >= 11 is 0. The first-order valence-electron chi connectivity index (χ1n) is 6.56. The Bertz CT molecular complexity index is 281. The maximum Gasteiger partial charge on any atom is 0.136 e. The van der Waals surface area contributed by atoms with Crippen LogP contribution in [0.1, 0.15) is 52.4 Å². The molecule has 0 aliphatic heterocycles. The molecule has 0 radical (unpaired) electrons. The van der Waals surface area contributed by atoms with Crippen molar-refractivity contribution in [3.8, 4) is 0 Å². The van der Waals surface area contributed by atoms with Crippen LogP contribution in [0, 0.1) is 5.92 Å². The molecule has 3 atom stereocenters. The third-order valence-electron chi connectivity index (χ3n) is 3.38. The van der Waals surface area contributed by atoms with Gasteiger partial charge in [0.05, 0.1) is 11.7 Å². The topological polar surface area (TPSA) is 57.5 Å². The molecular formula is C14H24O3. The fraction of sp³-hybridized carbons (Fsp3) is 0.786. The molecule has 0 aromatic heterocycles. The van der Waals surface area contributed by atoms with Gasteiger partial charge >= 0.3 is 0 Å². The Kier molecular flexibility index (Phi) is 5.34. The molecule has 0 amide bonds. The van der Waals surface area contributed by atoms with Gasteiger partial charge in [0.2, 0.25) is 0 Å². The van der Waals surface area contributed by atoms with E-state index in [4.69, 9.17) is 0 Å². The van der Waals surface area contributed by atoms with Gasteiger partial charge in [0.15, 0.2) is 0 Å². The van der Waals surface area contributed by atoms with Crippen molar-refractivity contribution in [3.63, 3.8) is 0 Å². The molecule has 1 fully saturated rings. The first kappa shape index (κ1) is 14.4. The van der Waals surface area contributed by atoms with E-state index in [0.29, 0.717) is 6.42 Å². The second-order valence-electron chi connectivity index (χ2n) is 5.35. The number of rotatable bonds is 6. The molecule has 1 aliphatic rings. The highest BCUT2D eigenvalue weighted by Gasteiger charge is 2.30. The number of carbonyl (C=O) groups is 1. The molecule has 98 valence electrons. The van der Waals surface area contributed by atoms with Crippen LogP contribution in [0.4, 0.5) is 0 Å². The van der Waals surface area contributed by atoms with Crippen molar-refractivity contribution in [1.82, 2.24) is 0 Å². The molecule has 2 N–H and O–H groups in total. The summed E-state index contributed by atoms with van der Waals surface area (Å²) in [5.41, 5.74) is -0.819. The lowest BCUT2D eigenvalue weighted by atomic mass is 9.95. The van der Waals surface area contributed by atoms with Crippen LogP contribution in [-0.2, 0) is 4.79 Å². The van der Waals surface area contributed by atoms with Gasteiger partial charge < -0.3 is 10.2 Å². The van der Waals surface area contributed by atoms with Gasteiger partial charge in [-0.15, -0.1) is 0 Å². The second-order valence-corrected chi connectivity index (χ2v) is 5.35. The zero-order chi connectivity index (χ0) is 12.9. The summed E-state index contributed by atoms with van der Waals surface area (Å²) in [7, 11) is 0. The summed E-state index contributed by atoms with van der Waals surface area (Å²) in [6, 6.07) is 0. The molecule has 0 aromatic rings. The van der Waals surface area contributed by atoms with E-state index in [-0.39, 0.29) is 18.1 Å². The summed E-state index contributed by atoms with van der Waals surface area (Å²) < 4.78 is 0. The molecule has 1 saturated carbocycles. The molecule has 0 saturated heterocycles. The Hall–Kier alpha value is -0.670. The minimum atomic E-state index is -0.819. The van der Waals surface area contributed by atoms with E-state index in [9.17, 15) is 15.0 Å². The summed E-state index contributed by atoms with van der Waals surface area (Å²) in [6.07, 6.45) is 7.63. The van der Waals surface area contributed by atoms with E-state index in [1.165, 1.54) is 0 Å². The Balaban J connectivity index is 2.43. The number of aliphatic hydroxyl groups is 2. The number of Topliss-reactive ketones (excluding diaryl/α,β-unsaturated/α-hetero) is 1. The van der Waals surface area contributed by atoms with Crippen molar-refractivity contribution in [3.05, 3.63) is 12.2 Å². The highest BCUT2D eigenvalue weighted by atomic mass is 16.3. The molecule has 0 spiro atoms. The minimum absolute atomic E-state index is 0.109. The average molecular weight is 240 g/mol. The number of carbonyl (C=O) groups excluding carboxylic acids is 1. The molecule has 0 bridgehead atoms. The standard InChI is InChI=1S/C14H24O3/c1-3-4-5-7-14(2,17)8-6-11-9-12(15)10-13(11)16/h6,8,11,13,16-17H,3-5,7,9-10H2,1-2H3/b8-6+/t11-,13?,14+/m1/s1. The van der Waals surface area contributed by atoms with Crippen molar-refractivity contribution in [2.45, 2.75) is 64.1 Å². The van der Waals surface area contributed by atoms with Gasteiger partial charge in [-0.3, -0.25) is 4.79 Å². The van der Waals surface area contributed by atoms with Gasteiger partial charge in [-0.25, -0.2) is 0 Å². The zero-order valence-electron chi connectivity index (χ0n) is 10.9. The summed E-state index contributed by atoms with van der Waals surface area (Å²) in [5, 5.41) is 19.7. The van der Waals surface area contributed by atoms with Gasteiger partial charge in [-0.2, -0.15) is 0 Å². The fourth-order valence-corrected chi connectivity index (χ4v) is 2.21. The van der Waals surface area contributed by atoms with Crippen molar-refractivity contribution in [2.75, 3.05) is 0 Å². The predicted molar refractivity (Wildman–Crippen MR) is 67.6 cm³/mol. The zero-order valence-corrected chi connectivity index (χ0v) is 10.9. The maximum absolute atomic E-state index is 11.1. The van der Waals surface area contributed by atoms with Crippen LogP contribution < -0.4 is 0 Å². The van der Waals surface area contributed by atoms with Gasteiger partial charge in [-0.05, 0) is 13.3 Å². The SMILES string of the molecule is CCCCC[C@](C)(O)/C=C/[C@@H]1CC(=O)CC1O. The lowest BCUT2D eigenvalue weighted by Gasteiger charge is -2.19. The minimum Gasteiger partial charge on any atom is -0.392 e. The van der Waals surface area contributed by atoms with Crippen LogP contribution in [0.15, 0.2) is 12.2 Å². The number of unbranched alkanes of at least 4 members (excludes halogenated alkanes) is 2. The van der Waals surface area contributed by atoms with E-state index in [0.717, 1.165) is 25.7 Å². The van der Waals surface area contributed by atoms with Crippen LogP contribution in [0.2, 0.25) is 0 Å². The van der Waals surface area contributed by atoms with Crippen LogP contribution in [0.25, 0.3) is 0 Å². The molecule has 1 unspecified atom stereocenters. The van der Waals surface area contributed by atoms with E-state index < -0.39 is 11.7 Å². The molecule has 3 nitrogen and oxygen atoms in total. The lowest BCUT2D eigenvalue weighted by molar-refractivity contribution is -0.117. The van der Waals surface area contributed by atoms with E-state index in [2.05, 4.69) is 6.92 Å². The Morgan fingerprint density at radius 2 is 2.12 bits per heavy atom. The average Bonchev–Trinajstić information content (AvgIpc) is 2.55. The second kappa shape index (κ2) is 6.31. The molecule has 0 heterocycles.